The van der Waals surface area contributed by atoms with E-state index in [1.54, 1.807) is 0 Å². The summed E-state index contributed by atoms with van der Waals surface area (Å²) in [5.41, 5.74) is 8.40. The molecule has 3 aliphatic rings. The first-order chi connectivity index (χ1) is 30.3. The highest BCUT2D eigenvalue weighted by molar-refractivity contribution is 5.91. The van der Waals surface area contributed by atoms with Crippen molar-refractivity contribution in [1.82, 2.24) is 45.8 Å². The largest absolute Gasteiger partial charge is 0.453 e. The number of imidazole rings is 2. The second-order valence-corrected chi connectivity index (χ2v) is 18.2. The van der Waals surface area contributed by atoms with E-state index in [9.17, 15) is 19.2 Å². The van der Waals surface area contributed by atoms with Gasteiger partial charge in [0.05, 0.1) is 53.5 Å². The van der Waals surface area contributed by atoms with Crippen LogP contribution in [0.1, 0.15) is 71.6 Å². The molecule has 4 heterocycles. The van der Waals surface area contributed by atoms with Crippen molar-refractivity contribution in [2.75, 3.05) is 14.2 Å². The lowest BCUT2D eigenvalue weighted by Gasteiger charge is -2.31. The number of hydrogen-bond donors (Lipinski definition) is 5. The fourth-order valence-electron chi connectivity index (χ4n) is 9.56. The molecule has 0 spiro atoms. The molecule has 9 rings (SSSR count). The molecule has 328 valence electrons. The number of piperidine rings is 1. The molecule has 2 saturated carbocycles. The van der Waals surface area contributed by atoms with Crippen LogP contribution in [0.15, 0.2) is 66.7 Å². The van der Waals surface area contributed by atoms with Crippen molar-refractivity contribution in [3.63, 3.8) is 0 Å². The minimum Gasteiger partial charge on any atom is -0.453 e. The zero-order chi connectivity index (χ0) is 44.3. The van der Waals surface area contributed by atoms with E-state index in [1.807, 2.05) is 56.9 Å². The molecule has 6 aromatic rings. The second kappa shape index (κ2) is 16.6. The van der Waals surface area contributed by atoms with Crippen LogP contribution in [0.4, 0.5) is 9.59 Å². The maximum Gasteiger partial charge on any atom is 0.407 e. The number of hydrogen-bond acceptors (Lipinski definition) is 9. The molecule has 2 aliphatic carbocycles. The van der Waals surface area contributed by atoms with Crippen LogP contribution < -0.4 is 16.0 Å². The number of nitrogens with one attached hydrogen (secondary N) is 5. The number of amides is 4. The van der Waals surface area contributed by atoms with Gasteiger partial charge in [0.1, 0.15) is 23.7 Å². The second-order valence-electron chi connectivity index (χ2n) is 18.2. The number of carbonyl (C=O) groups excluding carboxylic acids is 4. The van der Waals surface area contributed by atoms with Gasteiger partial charge in [0.15, 0.2) is 0 Å². The van der Waals surface area contributed by atoms with E-state index >= 15 is 0 Å². The van der Waals surface area contributed by atoms with Crippen LogP contribution in [0.25, 0.3) is 55.4 Å². The van der Waals surface area contributed by atoms with Gasteiger partial charge in [0.2, 0.25) is 11.8 Å². The highest BCUT2D eigenvalue weighted by atomic mass is 16.5. The molecule has 8 atom stereocenters. The number of alkyl carbamates (subject to hydrolysis) is 2. The van der Waals surface area contributed by atoms with Gasteiger partial charge in [0.25, 0.3) is 0 Å². The van der Waals surface area contributed by atoms with Crippen LogP contribution in [0.2, 0.25) is 0 Å². The fraction of sp³-hybridized carbons (Fsp3) is 0.438. The maximum absolute atomic E-state index is 13.9. The molecule has 3 aromatic heterocycles. The third-order valence-electron chi connectivity index (χ3n) is 13.4. The minimum absolute atomic E-state index is 0.0582. The molecule has 3 fully saturated rings. The number of rotatable bonds is 13. The van der Waals surface area contributed by atoms with Crippen molar-refractivity contribution < 1.29 is 28.7 Å². The number of carbonyl (C=O) groups is 4. The topological polar surface area (TPSA) is 196 Å². The summed E-state index contributed by atoms with van der Waals surface area (Å²) in [6.45, 7) is 9.78. The van der Waals surface area contributed by atoms with Crippen LogP contribution in [-0.4, -0.2) is 92.2 Å². The van der Waals surface area contributed by atoms with Crippen molar-refractivity contribution in [2.45, 2.75) is 90.5 Å². The number of likely N-dealkylation sites (tertiary alicyclic amines) is 1. The number of H-pyrrole nitrogens is 2. The van der Waals surface area contributed by atoms with Gasteiger partial charge >= 0.3 is 12.2 Å². The number of nitrogens with zero attached hydrogens (tertiary/aromatic N) is 4. The van der Waals surface area contributed by atoms with Gasteiger partial charge in [-0.25, -0.2) is 24.5 Å². The predicted octanol–water partition coefficient (Wildman–Crippen LogP) is 7.43. The Morgan fingerprint density at radius 2 is 1.38 bits per heavy atom. The predicted molar refractivity (Wildman–Crippen MR) is 239 cm³/mol. The zero-order valence-corrected chi connectivity index (χ0v) is 36.7. The normalized spacial score (nSPS) is 22.3. The average molecular weight is 854 g/mol. The van der Waals surface area contributed by atoms with E-state index in [0.29, 0.717) is 17.8 Å². The lowest BCUT2D eigenvalue weighted by molar-refractivity contribution is -0.136. The number of fused-ring (bicyclic) bond motifs is 4. The zero-order valence-electron chi connectivity index (χ0n) is 36.7. The molecule has 15 heteroatoms. The van der Waals surface area contributed by atoms with Crippen LogP contribution in [0.3, 0.4) is 0 Å². The number of pyridine rings is 1. The first kappa shape index (κ1) is 41.8. The van der Waals surface area contributed by atoms with Crippen LogP contribution in [0.5, 0.6) is 0 Å². The number of benzene rings is 3. The van der Waals surface area contributed by atoms with Gasteiger partial charge in [-0.15, -0.1) is 0 Å². The summed E-state index contributed by atoms with van der Waals surface area (Å²) in [7, 11) is 2.59. The van der Waals surface area contributed by atoms with E-state index in [1.165, 1.54) is 14.2 Å². The molecule has 63 heavy (non-hydrogen) atoms. The van der Waals surface area contributed by atoms with Crippen molar-refractivity contribution in [1.29, 1.82) is 0 Å². The first-order valence-corrected chi connectivity index (χ1v) is 22.0. The Bertz CT molecular complexity index is 2740. The molecule has 0 unspecified atom stereocenters. The standard InChI is InChI=1S/C48H55N9O6/c1-23(2)41(55-47(60)62-6)45(58)54-43-25(5)31(43)12-17-40-50-34-15-9-27(19-36(34)51-40)26-8-13-32-28(18-26)10-14-33(49-32)29-11-16-35-37(20-29)53-44(52-35)39-22-30-21-38(30)57(39)46(59)42(24(3)4)56-48(61)63-7/h8-11,13-16,18-20,23-25,30-31,38-39,41-43H,12,17,21-22H2,1-7H3,(H,50,51)(H,52,53)(H,54,58)(H,55,60)(H,56,61)/t25-,30-,31+,38-,39+,41+,42+,43-/m1/s1. The Labute approximate surface area is 365 Å². The minimum atomic E-state index is -0.686. The van der Waals surface area contributed by atoms with E-state index in [-0.39, 0.29) is 41.8 Å². The highest BCUT2D eigenvalue weighted by Gasteiger charge is 2.56. The van der Waals surface area contributed by atoms with Gasteiger partial charge in [-0.05, 0) is 102 Å². The van der Waals surface area contributed by atoms with Gasteiger partial charge in [0, 0.05) is 29.5 Å². The summed E-state index contributed by atoms with van der Waals surface area (Å²) in [5.74, 6) is 2.30. The Balaban J connectivity index is 0.858. The third kappa shape index (κ3) is 8.28. The molecular formula is C48H55N9O6. The number of ether oxygens (including phenoxy) is 2. The van der Waals surface area contributed by atoms with Gasteiger partial charge < -0.3 is 40.3 Å². The number of aromatic amines is 2. The van der Waals surface area contributed by atoms with Crippen molar-refractivity contribution in [3.8, 4) is 22.4 Å². The summed E-state index contributed by atoms with van der Waals surface area (Å²) >= 11 is 0. The Morgan fingerprint density at radius 3 is 2.10 bits per heavy atom. The van der Waals surface area contributed by atoms with Crippen LogP contribution in [-0.2, 0) is 25.5 Å². The monoisotopic (exact) mass is 853 g/mol. The summed E-state index contributed by atoms with van der Waals surface area (Å²) < 4.78 is 9.52. The average Bonchev–Trinajstić information content (AvgIpc) is 3.90. The van der Waals surface area contributed by atoms with Gasteiger partial charge in [-0.3, -0.25) is 9.59 Å². The smallest absolute Gasteiger partial charge is 0.407 e. The molecule has 1 aliphatic heterocycles. The summed E-state index contributed by atoms with van der Waals surface area (Å²) in [6, 6.07) is 21.5. The molecule has 4 amide bonds. The van der Waals surface area contributed by atoms with Crippen molar-refractivity contribution in [2.24, 2.45) is 29.6 Å². The number of aryl methyl sites for hydroxylation is 1. The van der Waals surface area contributed by atoms with E-state index in [4.69, 9.17) is 24.4 Å². The SMILES string of the molecule is COC(=O)N[C@H](C(=O)N[C@@H]1[C@H](C)[C@@H]1CCc1nc2ccc(-c3ccc4nc(-c5ccc6nc([C@@H]7C[C@H]8C[C@H]8N7C(=O)[C@@H](NC(=O)OC)C(C)C)[nH]c6c5)ccc4c3)cc2[nH]1)C(C)C. The van der Waals surface area contributed by atoms with E-state index in [0.717, 1.165) is 92.7 Å². The van der Waals surface area contributed by atoms with Crippen molar-refractivity contribution in [3.05, 3.63) is 78.4 Å². The molecular weight excluding hydrogens is 799 g/mol. The molecule has 0 bridgehead atoms. The quantitative estimate of drug-likeness (QED) is 0.0785. The summed E-state index contributed by atoms with van der Waals surface area (Å²) in [4.78, 5) is 74.6. The van der Waals surface area contributed by atoms with Gasteiger partial charge in [-0.1, -0.05) is 58.9 Å². The molecule has 3 aromatic carbocycles. The Morgan fingerprint density at radius 1 is 0.746 bits per heavy atom. The van der Waals surface area contributed by atoms with Crippen molar-refractivity contribution >= 4 is 57.0 Å². The summed E-state index contributed by atoms with van der Waals surface area (Å²) in [5, 5.41) is 9.56. The molecule has 15 nitrogen and oxygen atoms in total. The van der Waals surface area contributed by atoms with E-state index in [2.05, 4.69) is 75.3 Å². The van der Waals surface area contributed by atoms with Gasteiger partial charge in [-0.2, -0.15) is 0 Å². The Kier molecular flexibility index (Phi) is 11.1. The molecule has 1 saturated heterocycles. The lowest BCUT2D eigenvalue weighted by Crippen LogP contribution is -2.52. The number of methoxy groups -OCH3 is 2. The highest BCUT2D eigenvalue weighted by Crippen LogP contribution is 2.53. The maximum atomic E-state index is 13.9. The lowest BCUT2D eigenvalue weighted by atomic mass is 10.0. The van der Waals surface area contributed by atoms with E-state index < -0.39 is 24.3 Å². The fourth-order valence-corrected chi connectivity index (χ4v) is 9.56. The molecule has 0 radical (unpaired) electrons. The first-order valence-electron chi connectivity index (χ1n) is 22.0. The third-order valence-corrected chi connectivity index (χ3v) is 13.4. The Hall–Kier alpha value is -6.51. The molecule has 5 N–H and O–H groups in total. The number of aromatic nitrogens is 5. The van der Waals surface area contributed by atoms with Crippen LogP contribution >= 0.6 is 0 Å². The summed E-state index contributed by atoms with van der Waals surface area (Å²) in [6.07, 6.45) is 2.22. The van der Waals surface area contributed by atoms with Crippen LogP contribution in [0, 0.1) is 29.6 Å².